The Bertz CT molecular complexity index is 1020. The van der Waals surface area contributed by atoms with Crippen molar-refractivity contribution < 1.29 is 33.4 Å². The first-order valence-electron chi connectivity index (χ1n) is 9.08. The lowest BCUT2D eigenvalue weighted by molar-refractivity contribution is -0.139. The second-order valence-electron chi connectivity index (χ2n) is 6.29. The van der Waals surface area contributed by atoms with Gasteiger partial charge in [0, 0.05) is 5.56 Å². The predicted octanol–water partition coefficient (Wildman–Crippen LogP) is 2.78. The van der Waals surface area contributed by atoms with Crippen LogP contribution in [0.4, 0.5) is 9.18 Å². The number of amides is 3. The highest BCUT2D eigenvalue weighted by atomic mass is 19.1. The van der Waals surface area contributed by atoms with Gasteiger partial charge in [0.1, 0.15) is 11.5 Å². The van der Waals surface area contributed by atoms with Crippen LogP contribution in [0.2, 0.25) is 0 Å². The Labute approximate surface area is 171 Å². The summed E-state index contributed by atoms with van der Waals surface area (Å²) in [5.74, 6) is -1.68. The first kappa shape index (κ1) is 20.8. The fraction of sp³-hybridized carbons (Fsp3) is 0.190. The molecular weight excluding hydrogens is 395 g/mol. The number of halogens is 1. The normalized spacial score (nSPS) is 14.7. The van der Waals surface area contributed by atoms with Crippen LogP contribution in [0.25, 0.3) is 6.08 Å². The standard InChI is InChI=1S/C21H19FN2O6/c1-2-29-18-10-13(7-8-17(18)30-12-19(25)26)9-16-20(27)24(21(28)23-16)11-14-5-3-4-6-15(14)22/h3-10H,2,11-12H2,1H3,(H,23,28)(H,25,26)/b16-9+. The molecule has 0 spiro atoms. The number of ether oxygens (including phenoxy) is 2. The predicted molar refractivity (Wildman–Crippen MR) is 104 cm³/mol. The number of nitrogens with one attached hydrogen (secondary N) is 1. The maximum atomic E-state index is 13.9. The van der Waals surface area contributed by atoms with Crippen LogP contribution < -0.4 is 14.8 Å². The fourth-order valence-electron chi connectivity index (χ4n) is 2.82. The lowest BCUT2D eigenvalue weighted by atomic mass is 10.1. The summed E-state index contributed by atoms with van der Waals surface area (Å²) in [6, 6.07) is 9.92. The number of carboxylic acid groups (broad SMARTS) is 1. The van der Waals surface area contributed by atoms with Crippen molar-refractivity contribution in [2.24, 2.45) is 0 Å². The van der Waals surface area contributed by atoms with Crippen LogP contribution >= 0.6 is 0 Å². The Morgan fingerprint density at radius 2 is 1.93 bits per heavy atom. The maximum Gasteiger partial charge on any atom is 0.341 e. The first-order valence-corrected chi connectivity index (χ1v) is 9.08. The fourth-order valence-corrected chi connectivity index (χ4v) is 2.82. The minimum absolute atomic E-state index is 0.0259. The van der Waals surface area contributed by atoms with E-state index in [1.54, 1.807) is 25.1 Å². The molecule has 156 valence electrons. The van der Waals surface area contributed by atoms with Crippen LogP contribution in [-0.4, -0.2) is 41.1 Å². The number of carbonyl (C=O) groups excluding carboxylic acids is 2. The topological polar surface area (TPSA) is 105 Å². The van der Waals surface area contributed by atoms with Gasteiger partial charge in [-0.2, -0.15) is 0 Å². The van der Waals surface area contributed by atoms with Crippen LogP contribution in [0.15, 0.2) is 48.2 Å². The van der Waals surface area contributed by atoms with Gasteiger partial charge in [0.05, 0.1) is 13.2 Å². The largest absolute Gasteiger partial charge is 0.490 e. The summed E-state index contributed by atoms with van der Waals surface area (Å²) >= 11 is 0. The number of carboxylic acids is 1. The number of nitrogens with zero attached hydrogens (tertiary/aromatic N) is 1. The molecule has 8 nitrogen and oxygen atoms in total. The lowest BCUT2D eigenvalue weighted by Gasteiger charge is -2.12. The van der Waals surface area contributed by atoms with E-state index in [2.05, 4.69) is 5.32 Å². The zero-order valence-electron chi connectivity index (χ0n) is 16.1. The number of imide groups is 1. The Morgan fingerprint density at radius 1 is 1.17 bits per heavy atom. The molecule has 9 heteroatoms. The van der Waals surface area contributed by atoms with E-state index in [0.29, 0.717) is 17.9 Å². The molecular formula is C21H19FN2O6. The molecule has 0 saturated carbocycles. The molecule has 1 heterocycles. The van der Waals surface area contributed by atoms with E-state index in [1.807, 2.05) is 0 Å². The minimum atomic E-state index is -1.13. The monoisotopic (exact) mass is 414 g/mol. The van der Waals surface area contributed by atoms with Gasteiger partial charge in [-0.15, -0.1) is 0 Å². The summed E-state index contributed by atoms with van der Waals surface area (Å²) in [7, 11) is 0. The molecule has 1 fully saturated rings. The second-order valence-corrected chi connectivity index (χ2v) is 6.29. The summed E-state index contributed by atoms with van der Waals surface area (Å²) < 4.78 is 24.5. The zero-order chi connectivity index (χ0) is 21.7. The molecule has 0 radical (unpaired) electrons. The Balaban J connectivity index is 1.81. The molecule has 1 aliphatic heterocycles. The number of aliphatic carboxylic acids is 1. The van der Waals surface area contributed by atoms with Crippen LogP contribution in [0.3, 0.4) is 0 Å². The third kappa shape index (κ3) is 4.75. The van der Waals surface area contributed by atoms with Crippen molar-refractivity contribution in [2.45, 2.75) is 13.5 Å². The van der Waals surface area contributed by atoms with Gasteiger partial charge in [-0.3, -0.25) is 9.69 Å². The minimum Gasteiger partial charge on any atom is -0.490 e. The van der Waals surface area contributed by atoms with E-state index >= 15 is 0 Å². The van der Waals surface area contributed by atoms with Gasteiger partial charge < -0.3 is 19.9 Å². The van der Waals surface area contributed by atoms with E-state index in [4.69, 9.17) is 14.6 Å². The molecule has 0 atom stereocenters. The third-order valence-corrected chi connectivity index (χ3v) is 4.18. The molecule has 0 bridgehead atoms. The van der Waals surface area contributed by atoms with Crippen molar-refractivity contribution in [1.82, 2.24) is 10.2 Å². The van der Waals surface area contributed by atoms with Crippen LogP contribution in [0.5, 0.6) is 11.5 Å². The Morgan fingerprint density at radius 3 is 2.63 bits per heavy atom. The molecule has 30 heavy (non-hydrogen) atoms. The number of benzene rings is 2. The number of urea groups is 1. The molecule has 3 amide bonds. The van der Waals surface area contributed by atoms with Crippen molar-refractivity contribution in [3.63, 3.8) is 0 Å². The third-order valence-electron chi connectivity index (χ3n) is 4.18. The van der Waals surface area contributed by atoms with Gasteiger partial charge in [0.2, 0.25) is 0 Å². The molecule has 0 aromatic heterocycles. The number of hydrogen-bond donors (Lipinski definition) is 2. The highest BCUT2D eigenvalue weighted by Crippen LogP contribution is 2.30. The van der Waals surface area contributed by atoms with E-state index in [1.165, 1.54) is 30.3 Å². The van der Waals surface area contributed by atoms with Crippen LogP contribution in [0.1, 0.15) is 18.1 Å². The highest BCUT2D eigenvalue weighted by Gasteiger charge is 2.34. The molecule has 3 rings (SSSR count). The maximum absolute atomic E-state index is 13.9. The van der Waals surface area contributed by atoms with Crippen LogP contribution in [-0.2, 0) is 16.1 Å². The summed E-state index contributed by atoms with van der Waals surface area (Å²) in [6.45, 7) is 1.35. The smallest absolute Gasteiger partial charge is 0.341 e. The summed E-state index contributed by atoms with van der Waals surface area (Å²) in [6.07, 6.45) is 1.45. The van der Waals surface area contributed by atoms with E-state index in [0.717, 1.165) is 4.90 Å². The van der Waals surface area contributed by atoms with Crippen LogP contribution in [0, 0.1) is 5.82 Å². The summed E-state index contributed by atoms with van der Waals surface area (Å²) in [5.41, 5.74) is 0.774. The molecule has 1 aliphatic rings. The van der Waals surface area contributed by atoms with Gasteiger partial charge in [-0.05, 0) is 36.8 Å². The molecule has 2 aromatic carbocycles. The van der Waals surface area contributed by atoms with Crippen molar-refractivity contribution in [3.8, 4) is 11.5 Å². The average molecular weight is 414 g/mol. The quantitative estimate of drug-likeness (QED) is 0.508. The molecule has 1 saturated heterocycles. The molecule has 0 aliphatic carbocycles. The van der Waals surface area contributed by atoms with Crippen molar-refractivity contribution in [3.05, 3.63) is 65.1 Å². The van der Waals surface area contributed by atoms with E-state index < -0.39 is 30.3 Å². The molecule has 2 aromatic rings. The van der Waals surface area contributed by atoms with E-state index in [-0.39, 0.29) is 23.6 Å². The average Bonchev–Trinajstić information content (AvgIpc) is 2.96. The highest BCUT2D eigenvalue weighted by molar-refractivity contribution is 6.13. The summed E-state index contributed by atoms with van der Waals surface area (Å²) in [5, 5.41) is 11.2. The van der Waals surface area contributed by atoms with Gasteiger partial charge in [0.15, 0.2) is 18.1 Å². The lowest BCUT2D eigenvalue weighted by Crippen LogP contribution is -2.30. The van der Waals surface area contributed by atoms with Gasteiger partial charge >= 0.3 is 12.0 Å². The zero-order valence-corrected chi connectivity index (χ0v) is 16.1. The van der Waals surface area contributed by atoms with Crippen molar-refractivity contribution in [2.75, 3.05) is 13.2 Å². The molecule has 2 N–H and O–H groups in total. The number of hydrogen-bond acceptors (Lipinski definition) is 5. The van der Waals surface area contributed by atoms with Gasteiger partial charge in [-0.1, -0.05) is 24.3 Å². The van der Waals surface area contributed by atoms with Crippen molar-refractivity contribution >= 4 is 24.0 Å². The summed E-state index contributed by atoms with van der Waals surface area (Å²) in [4.78, 5) is 36.4. The second kappa shape index (κ2) is 9.08. The number of carbonyl (C=O) groups is 3. The van der Waals surface area contributed by atoms with E-state index in [9.17, 15) is 18.8 Å². The Kier molecular flexibility index (Phi) is 6.31. The Hall–Kier alpha value is -3.88. The first-order chi connectivity index (χ1) is 14.4. The van der Waals surface area contributed by atoms with Gasteiger partial charge in [0.25, 0.3) is 5.91 Å². The van der Waals surface area contributed by atoms with Gasteiger partial charge in [-0.25, -0.2) is 14.0 Å². The van der Waals surface area contributed by atoms with Crippen molar-refractivity contribution in [1.29, 1.82) is 0 Å². The molecule has 0 unspecified atom stereocenters. The number of rotatable bonds is 8. The SMILES string of the molecule is CCOc1cc(/C=C2/NC(=O)N(Cc3ccccc3F)C2=O)ccc1OCC(=O)O.